The zero-order valence-corrected chi connectivity index (χ0v) is 13.9. The number of nitrogens with one attached hydrogen (secondary N) is 1. The number of carbonyl (C=O) groups excluding carboxylic acids is 1. The number of ether oxygens (including phenoxy) is 1. The predicted molar refractivity (Wildman–Crippen MR) is 80.8 cm³/mol. The standard InChI is InChI=1S/C13H11Cl2F3N4O2/c1-3-19-12(23)22-6(2)9(15)11(21-22)24-10-8(14)4-7(5-20-10)13(16,17)18/h4-5H,3H2,1-2H3,(H,19,23). The smallest absolute Gasteiger partial charge is 0.416 e. The molecule has 1 N–H and O–H groups in total. The summed E-state index contributed by atoms with van der Waals surface area (Å²) in [5.74, 6) is -0.512. The van der Waals surface area contributed by atoms with Gasteiger partial charge in [-0.25, -0.2) is 9.78 Å². The summed E-state index contributed by atoms with van der Waals surface area (Å²) >= 11 is 11.8. The van der Waals surface area contributed by atoms with E-state index in [0.29, 0.717) is 24.5 Å². The molecule has 6 nitrogen and oxygen atoms in total. The highest BCUT2D eigenvalue weighted by molar-refractivity contribution is 6.33. The minimum absolute atomic E-state index is 0.0130. The molecule has 0 saturated heterocycles. The number of rotatable bonds is 3. The van der Waals surface area contributed by atoms with Crippen LogP contribution in [-0.2, 0) is 6.18 Å². The van der Waals surface area contributed by atoms with Crippen molar-refractivity contribution in [2.75, 3.05) is 6.54 Å². The molecule has 0 aliphatic carbocycles. The normalized spacial score (nSPS) is 11.5. The highest BCUT2D eigenvalue weighted by Gasteiger charge is 2.32. The summed E-state index contributed by atoms with van der Waals surface area (Å²) in [5.41, 5.74) is -0.726. The van der Waals surface area contributed by atoms with Crippen molar-refractivity contribution in [2.24, 2.45) is 0 Å². The van der Waals surface area contributed by atoms with Crippen LogP contribution in [0.3, 0.4) is 0 Å². The van der Waals surface area contributed by atoms with Gasteiger partial charge in [0.1, 0.15) is 10.0 Å². The van der Waals surface area contributed by atoms with E-state index in [1.165, 1.54) is 6.92 Å². The van der Waals surface area contributed by atoms with Crippen LogP contribution in [0.5, 0.6) is 11.8 Å². The van der Waals surface area contributed by atoms with Crippen molar-refractivity contribution < 1.29 is 22.7 Å². The minimum Gasteiger partial charge on any atom is -0.416 e. The van der Waals surface area contributed by atoms with E-state index >= 15 is 0 Å². The van der Waals surface area contributed by atoms with Gasteiger partial charge in [-0.05, 0) is 19.9 Å². The van der Waals surface area contributed by atoms with Crippen molar-refractivity contribution in [3.8, 4) is 11.8 Å². The highest BCUT2D eigenvalue weighted by Crippen LogP contribution is 2.36. The number of pyridine rings is 1. The number of aromatic nitrogens is 3. The molecule has 2 heterocycles. The van der Waals surface area contributed by atoms with Crippen LogP contribution in [0.4, 0.5) is 18.0 Å². The number of carbonyl (C=O) groups is 1. The van der Waals surface area contributed by atoms with Crippen LogP contribution in [-0.4, -0.2) is 27.3 Å². The van der Waals surface area contributed by atoms with Gasteiger partial charge in [0.2, 0.25) is 5.88 Å². The molecule has 1 amide bonds. The maximum Gasteiger partial charge on any atom is 0.417 e. The van der Waals surface area contributed by atoms with Crippen LogP contribution in [0.1, 0.15) is 18.2 Å². The van der Waals surface area contributed by atoms with Crippen LogP contribution >= 0.6 is 23.2 Å². The van der Waals surface area contributed by atoms with E-state index in [0.717, 1.165) is 4.68 Å². The van der Waals surface area contributed by atoms with Crippen molar-refractivity contribution in [3.05, 3.63) is 33.6 Å². The quantitative estimate of drug-likeness (QED) is 0.859. The molecule has 2 rings (SSSR count). The third kappa shape index (κ3) is 3.73. The summed E-state index contributed by atoms with van der Waals surface area (Å²) in [4.78, 5) is 15.3. The van der Waals surface area contributed by atoms with E-state index < -0.39 is 17.8 Å². The first kappa shape index (κ1) is 18.3. The molecule has 2 aromatic heterocycles. The monoisotopic (exact) mass is 382 g/mol. The molecule has 11 heteroatoms. The Labute approximate surface area is 144 Å². The van der Waals surface area contributed by atoms with E-state index in [9.17, 15) is 18.0 Å². The fourth-order valence-electron chi connectivity index (χ4n) is 1.69. The molecular formula is C13H11Cl2F3N4O2. The predicted octanol–water partition coefficient (Wildman–Crippen LogP) is 4.28. The van der Waals surface area contributed by atoms with Gasteiger partial charge >= 0.3 is 12.2 Å². The molecular weight excluding hydrogens is 372 g/mol. The maximum atomic E-state index is 12.6. The first-order chi connectivity index (χ1) is 11.1. The van der Waals surface area contributed by atoms with Gasteiger partial charge in [0.25, 0.3) is 5.88 Å². The Morgan fingerprint density at radius 3 is 2.58 bits per heavy atom. The Hall–Kier alpha value is -2.00. The van der Waals surface area contributed by atoms with Crippen LogP contribution in [0.25, 0.3) is 0 Å². The third-order valence-electron chi connectivity index (χ3n) is 2.86. The zero-order valence-electron chi connectivity index (χ0n) is 12.4. The van der Waals surface area contributed by atoms with Crippen molar-refractivity contribution in [3.63, 3.8) is 0 Å². The van der Waals surface area contributed by atoms with Crippen LogP contribution < -0.4 is 10.1 Å². The van der Waals surface area contributed by atoms with Crippen molar-refractivity contribution >= 4 is 29.2 Å². The Morgan fingerprint density at radius 1 is 1.38 bits per heavy atom. The summed E-state index contributed by atoms with van der Waals surface area (Å²) in [6, 6.07) is 0.143. The molecule has 0 saturated carbocycles. The molecule has 0 radical (unpaired) electrons. The highest BCUT2D eigenvalue weighted by atomic mass is 35.5. The third-order valence-corrected chi connectivity index (χ3v) is 3.57. The second-order valence-electron chi connectivity index (χ2n) is 4.56. The van der Waals surface area contributed by atoms with Gasteiger partial charge in [0.05, 0.1) is 11.3 Å². The number of alkyl halides is 3. The average Bonchev–Trinajstić information content (AvgIpc) is 2.77. The Morgan fingerprint density at radius 2 is 2.04 bits per heavy atom. The van der Waals surface area contributed by atoms with Crippen LogP contribution in [0, 0.1) is 6.92 Å². The van der Waals surface area contributed by atoms with E-state index in [2.05, 4.69) is 15.4 Å². The lowest BCUT2D eigenvalue weighted by atomic mass is 10.3. The minimum atomic E-state index is -4.58. The lowest BCUT2D eigenvalue weighted by molar-refractivity contribution is -0.137. The Bertz CT molecular complexity index is 777. The van der Waals surface area contributed by atoms with Gasteiger partial charge in [-0.3, -0.25) is 0 Å². The summed E-state index contributed by atoms with van der Waals surface area (Å²) in [7, 11) is 0. The van der Waals surface area contributed by atoms with Crippen LogP contribution in [0.2, 0.25) is 10.0 Å². The van der Waals surface area contributed by atoms with Gasteiger partial charge in [0, 0.05) is 12.7 Å². The lowest BCUT2D eigenvalue weighted by Gasteiger charge is -2.08. The molecule has 0 aliphatic heterocycles. The maximum absolute atomic E-state index is 12.6. The van der Waals surface area contributed by atoms with E-state index in [1.807, 2.05) is 0 Å². The fourth-order valence-corrected chi connectivity index (χ4v) is 2.05. The summed E-state index contributed by atoms with van der Waals surface area (Å²) in [6.45, 7) is 3.62. The van der Waals surface area contributed by atoms with Crippen molar-refractivity contribution in [1.29, 1.82) is 0 Å². The molecule has 0 bridgehead atoms. The number of halogens is 5. The summed E-state index contributed by atoms with van der Waals surface area (Å²) in [6.07, 6.45) is -4.01. The zero-order chi connectivity index (χ0) is 18.1. The average molecular weight is 383 g/mol. The van der Waals surface area contributed by atoms with E-state index in [-0.39, 0.29) is 21.8 Å². The molecule has 130 valence electrons. The summed E-state index contributed by atoms with van der Waals surface area (Å²) in [5, 5.41) is 6.03. The second kappa shape index (κ2) is 6.86. The van der Waals surface area contributed by atoms with Gasteiger partial charge in [-0.15, -0.1) is 5.10 Å². The SMILES string of the molecule is CCNC(=O)n1nc(Oc2ncc(C(F)(F)F)cc2Cl)c(Cl)c1C. The largest absolute Gasteiger partial charge is 0.417 e. The van der Waals surface area contributed by atoms with E-state index in [1.54, 1.807) is 6.92 Å². The Kier molecular flexibility index (Phi) is 5.24. The van der Waals surface area contributed by atoms with Gasteiger partial charge < -0.3 is 10.1 Å². The lowest BCUT2D eigenvalue weighted by Crippen LogP contribution is -2.29. The van der Waals surface area contributed by atoms with Crippen LogP contribution in [0.15, 0.2) is 12.3 Å². The van der Waals surface area contributed by atoms with Gasteiger partial charge in [-0.2, -0.15) is 17.9 Å². The molecule has 0 fully saturated rings. The topological polar surface area (TPSA) is 69.0 Å². The number of amides is 1. The molecule has 0 aromatic carbocycles. The van der Waals surface area contributed by atoms with E-state index in [4.69, 9.17) is 27.9 Å². The van der Waals surface area contributed by atoms with Crippen molar-refractivity contribution in [2.45, 2.75) is 20.0 Å². The Balaban J connectivity index is 2.32. The second-order valence-corrected chi connectivity index (χ2v) is 5.35. The molecule has 0 spiro atoms. The fraction of sp³-hybridized carbons (Fsp3) is 0.308. The molecule has 2 aromatic rings. The molecule has 0 unspecified atom stereocenters. The molecule has 24 heavy (non-hydrogen) atoms. The van der Waals surface area contributed by atoms with Crippen molar-refractivity contribution in [1.82, 2.24) is 20.1 Å². The number of nitrogens with zero attached hydrogens (tertiary/aromatic N) is 3. The molecule has 0 atom stereocenters. The first-order valence-electron chi connectivity index (χ1n) is 6.59. The number of hydrogen-bond acceptors (Lipinski definition) is 4. The van der Waals surface area contributed by atoms with Gasteiger partial charge in [-0.1, -0.05) is 23.2 Å². The molecule has 0 aliphatic rings. The number of hydrogen-bond donors (Lipinski definition) is 1. The van der Waals surface area contributed by atoms with Gasteiger partial charge in [0.15, 0.2) is 0 Å². The summed E-state index contributed by atoms with van der Waals surface area (Å²) < 4.78 is 44.0. The first-order valence-corrected chi connectivity index (χ1v) is 7.34.